The van der Waals surface area contributed by atoms with Gasteiger partial charge in [-0.3, -0.25) is 0 Å². The molecule has 1 unspecified atom stereocenters. The van der Waals surface area contributed by atoms with E-state index in [1.807, 2.05) is 0 Å². The SMILES string of the molecule is Cc1cc(CCC(C)CCNC(C)(C)C)c(F)cc1F. The molecule has 0 aliphatic heterocycles. The fourth-order valence-electron chi connectivity index (χ4n) is 2.15. The molecule has 0 aliphatic carbocycles. The first-order valence-corrected chi connectivity index (χ1v) is 7.38. The third-order valence-electron chi connectivity index (χ3n) is 3.53. The van der Waals surface area contributed by atoms with Crippen LogP contribution in [0, 0.1) is 24.5 Å². The first-order valence-electron chi connectivity index (χ1n) is 7.38. The van der Waals surface area contributed by atoms with Gasteiger partial charge in [-0.15, -0.1) is 0 Å². The number of aryl methyl sites for hydroxylation is 2. The van der Waals surface area contributed by atoms with E-state index in [2.05, 4.69) is 33.0 Å². The molecule has 0 spiro atoms. The van der Waals surface area contributed by atoms with Gasteiger partial charge in [0.05, 0.1) is 0 Å². The molecular formula is C17H27F2N. The molecule has 0 fully saturated rings. The van der Waals surface area contributed by atoms with Crippen LogP contribution < -0.4 is 5.32 Å². The zero-order valence-electron chi connectivity index (χ0n) is 13.3. The van der Waals surface area contributed by atoms with Crippen LogP contribution in [-0.2, 0) is 6.42 Å². The highest BCUT2D eigenvalue weighted by molar-refractivity contribution is 5.25. The molecule has 0 bridgehead atoms. The van der Waals surface area contributed by atoms with Crippen molar-refractivity contribution in [1.82, 2.24) is 5.32 Å². The maximum absolute atomic E-state index is 13.6. The Morgan fingerprint density at radius 3 is 2.35 bits per heavy atom. The molecule has 1 atom stereocenters. The Bertz CT molecular complexity index is 435. The second-order valence-corrected chi connectivity index (χ2v) is 6.80. The van der Waals surface area contributed by atoms with E-state index in [0.29, 0.717) is 23.5 Å². The molecule has 1 nitrogen and oxygen atoms in total. The van der Waals surface area contributed by atoms with Gasteiger partial charge in [-0.05, 0) is 70.5 Å². The summed E-state index contributed by atoms with van der Waals surface area (Å²) >= 11 is 0. The van der Waals surface area contributed by atoms with Gasteiger partial charge in [-0.2, -0.15) is 0 Å². The summed E-state index contributed by atoms with van der Waals surface area (Å²) in [4.78, 5) is 0. The van der Waals surface area contributed by atoms with E-state index >= 15 is 0 Å². The highest BCUT2D eigenvalue weighted by atomic mass is 19.1. The highest BCUT2D eigenvalue weighted by Crippen LogP contribution is 2.18. The zero-order chi connectivity index (χ0) is 15.3. The fraction of sp³-hybridized carbons (Fsp3) is 0.647. The number of halogens is 2. The summed E-state index contributed by atoms with van der Waals surface area (Å²) in [6, 6.07) is 2.63. The largest absolute Gasteiger partial charge is 0.312 e. The van der Waals surface area contributed by atoms with Gasteiger partial charge in [0, 0.05) is 11.6 Å². The quantitative estimate of drug-likeness (QED) is 0.803. The van der Waals surface area contributed by atoms with Crippen LogP contribution >= 0.6 is 0 Å². The minimum Gasteiger partial charge on any atom is -0.312 e. The van der Waals surface area contributed by atoms with Crippen LogP contribution in [0.2, 0.25) is 0 Å². The molecule has 0 aromatic heterocycles. The Labute approximate surface area is 121 Å². The highest BCUT2D eigenvalue weighted by Gasteiger charge is 2.11. The van der Waals surface area contributed by atoms with Crippen LogP contribution in [-0.4, -0.2) is 12.1 Å². The number of benzene rings is 1. The number of hydrogen-bond donors (Lipinski definition) is 1. The first kappa shape index (κ1) is 17.1. The van der Waals surface area contributed by atoms with Gasteiger partial charge in [0.2, 0.25) is 0 Å². The second kappa shape index (κ2) is 7.16. The van der Waals surface area contributed by atoms with Crippen molar-refractivity contribution in [2.75, 3.05) is 6.54 Å². The summed E-state index contributed by atoms with van der Waals surface area (Å²) in [5.41, 5.74) is 1.28. The smallest absolute Gasteiger partial charge is 0.129 e. The summed E-state index contributed by atoms with van der Waals surface area (Å²) in [6.45, 7) is 11.3. The number of nitrogens with one attached hydrogen (secondary N) is 1. The normalized spacial score (nSPS) is 13.6. The van der Waals surface area contributed by atoms with Gasteiger partial charge in [0.15, 0.2) is 0 Å². The van der Waals surface area contributed by atoms with Crippen molar-refractivity contribution in [1.29, 1.82) is 0 Å². The third-order valence-corrected chi connectivity index (χ3v) is 3.53. The molecule has 114 valence electrons. The average molecular weight is 283 g/mol. The molecule has 0 aliphatic rings. The van der Waals surface area contributed by atoms with Crippen LogP contribution in [0.25, 0.3) is 0 Å². The Hall–Kier alpha value is -0.960. The van der Waals surface area contributed by atoms with Gasteiger partial charge in [0.25, 0.3) is 0 Å². The predicted octanol–water partition coefficient (Wildman–Crippen LogP) is 4.62. The minimum atomic E-state index is -0.464. The van der Waals surface area contributed by atoms with Crippen molar-refractivity contribution in [2.24, 2.45) is 5.92 Å². The van der Waals surface area contributed by atoms with E-state index in [1.165, 1.54) is 0 Å². The first-order chi connectivity index (χ1) is 9.19. The minimum absolute atomic E-state index is 0.139. The topological polar surface area (TPSA) is 12.0 Å². The van der Waals surface area contributed by atoms with E-state index < -0.39 is 11.6 Å². The maximum Gasteiger partial charge on any atom is 0.129 e. The van der Waals surface area contributed by atoms with Crippen LogP contribution in [0.3, 0.4) is 0 Å². The fourth-order valence-corrected chi connectivity index (χ4v) is 2.15. The molecule has 1 rings (SSSR count). The molecule has 1 aromatic rings. The van der Waals surface area contributed by atoms with Crippen molar-refractivity contribution in [3.8, 4) is 0 Å². The van der Waals surface area contributed by atoms with Gasteiger partial charge < -0.3 is 5.32 Å². The second-order valence-electron chi connectivity index (χ2n) is 6.80. The van der Waals surface area contributed by atoms with Gasteiger partial charge in [-0.25, -0.2) is 8.78 Å². The Balaban J connectivity index is 2.41. The molecule has 1 N–H and O–H groups in total. The van der Waals surface area contributed by atoms with Crippen LogP contribution in [0.1, 0.15) is 51.7 Å². The average Bonchev–Trinajstić information content (AvgIpc) is 2.30. The van der Waals surface area contributed by atoms with Crippen LogP contribution in [0.15, 0.2) is 12.1 Å². The monoisotopic (exact) mass is 283 g/mol. The van der Waals surface area contributed by atoms with Crippen molar-refractivity contribution in [3.05, 3.63) is 34.9 Å². The van der Waals surface area contributed by atoms with Crippen LogP contribution in [0.4, 0.5) is 8.78 Å². The number of rotatable bonds is 6. The summed E-state index contributed by atoms with van der Waals surface area (Å²) in [5, 5.41) is 3.46. The van der Waals surface area contributed by atoms with E-state index in [9.17, 15) is 8.78 Å². The molecule has 0 amide bonds. The molecule has 0 saturated heterocycles. The summed E-state index contributed by atoms with van der Waals surface area (Å²) in [6.07, 6.45) is 2.66. The Morgan fingerprint density at radius 2 is 1.75 bits per heavy atom. The van der Waals surface area contributed by atoms with Gasteiger partial charge in [-0.1, -0.05) is 13.0 Å². The van der Waals surface area contributed by atoms with Gasteiger partial charge >= 0.3 is 0 Å². The van der Waals surface area contributed by atoms with E-state index in [0.717, 1.165) is 25.5 Å². The molecule has 0 saturated carbocycles. The molecule has 3 heteroatoms. The molecule has 0 heterocycles. The van der Waals surface area contributed by atoms with E-state index in [1.54, 1.807) is 13.0 Å². The van der Waals surface area contributed by atoms with Crippen molar-refractivity contribution < 1.29 is 8.78 Å². The molecule has 0 radical (unpaired) electrons. The standard InChI is InChI=1S/C17H27F2N/c1-12(8-9-20-17(3,4)5)6-7-14-10-13(2)15(18)11-16(14)19/h10-12,20H,6-9H2,1-5H3. The third kappa shape index (κ3) is 6.00. The number of hydrogen-bond acceptors (Lipinski definition) is 1. The summed E-state index contributed by atoms with van der Waals surface area (Å²) in [7, 11) is 0. The lowest BCUT2D eigenvalue weighted by Crippen LogP contribution is -2.36. The molecule has 20 heavy (non-hydrogen) atoms. The van der Waals surface area contributed by atoms with Crippen molar-refractivity contribution in [3.63, 3.8) is 0 Å². The van der Waals surface area contributed by atoms with E-state index in [-0.39, 0.29) is 5.54 Å². The maximum atomic E-state index is 13.6. The lowest BCUT2D eigenvalue weighted by molar-refractivity contribution is 0.386. The summed E-state index contributed by atoms with van der Waals surface area (Å²) < 4.78 is 26.8. The lowest BCUT2D eigenvalue weighted by Gasteiger charge is -2.22. The zero-order valence-corrected chi connectivity index (χ0v) is 13.3. The Morgan fingerprint density at radius 1 is 1.10 bits per heavy atom. The molecular weight excluding hydrogens is 256 g/mol. The van der Waals surface area contributed by atoms with Crippen LogP contribution in [0.5, 0.6) is 0 Å². The summed E-state index contributed by atoms with van der Waals surface area (Å²) in [5.74, 6) is -0.364. The predicted molar refractivity (Wildman–Crippen MR) is 81.0 cm³/mol. The lowest BCUT2D eigenvalue weighted by atomic mass is 9.96. The van der Waals surface area contributed by atoms with E-state index in [4.69, 9.17) is 0 Å². The van der Waals surface area contributed by atoms with Crippen molar-refractivity contribution in [2.45, 2.75) is 59.4 Å². The van der Waals surface area contributed by atoms with Gasteiger partial charge in [0.1, 0.15) is 11.6 Å². The Kier molecular flexibility index (Phi) is 6.12. The van der Waals surface area contributed by atoms with Crippen molar-refractivity contribution >= 4 is 0 Å². The molecule has 1 aromatic carbocycles.